The zero-order valence-electron chi connectivity index (χ0n) is 15.1. The third-order valence-electron chi connectivity index (χ3n) is 6.04. The second-order valence-corrected chi connectivity index (χ2v) is 8.68. The van der Waals surface area contributed by atoms with Crippen molar-refractivity contribution in [3.05, 3.63) is 32.4 Å². The lowest BCUT2D eigenvalue weighted by Gasteiger charge is -2.16. The van der Waals surface area contributed by atoms with Crippen LogP contribution < -0.4 is 5.56 Å². The van der Waals surface area contributed by atoms with Crippen LogP contribution in [0.3, 0.4) is 0 Å². The van der Waals surface area contributed by atoms with Crippen LogP contribution in [0.25, 0.3) is 16.8 Å². The topological polar surface area (TPSA) is 65.1 Å². The van der Waals surface area contributed by atoms with E-state index in [9.17, 15) is 4.79 Å². The van der Waals surface area contributed by atoms with Crippen molar-refractivity contribution in [1.29, 1.82) is 0 Å². The Hall–Kier alpha value is -1.76. The summed E-state index contributed by atoms with van der Waals surface area (Å²) in [5.41, 5.74) is 3.07. The minimum absolute atomic E-state index is 0.0612. The van der Waals surface area contributed by atoms with E-state index < -0.39 is 0 Å². The molecule has 6 nitrogen and oxygen atoms in total. The Bertz CT molecular complexity index is 1090. The van der Waals surface area contributed by atoms with Gasteiger partial charge in [-0.25, -0.2) is 4.98 Å². The molecule has 0 bridgehead atoms. The van der Waals surface area contributed by atoms with Gasteiger partial charge in [0.2, 0.25) is 5.65 Å². The highest BCUT2D eigenvalue weighted by molar-refractivity contribution is 9.10. The van der Waals surface area contributed by atoms with Crippen molar-refractivity contribution in [2.45, 2.75) is 64.3 Å². The summed E-state index contributed by atoms with van der Waals surface area (Å²) in [7, 11) is 0. The first-order chi connectivity index (χ1) is 12.6. The standard InChI is InChI=1S/C19H22BrN5O/c1-3-4-9-24-14-10-13(20)11(2)21-15(14)25-16(17(24)26)22-23-18(25)19(7-8-19)12-5-6-12/h10,12H,3-9H2,1-2H3. The Kier molecular flexibility index (Phi) is 3.55. The third-order valence-corrected chi connectivity index (χ3v) is 6.84. The number of aromatic nitrogens is 5. The fourth-order valence-corrected chi connectivity index (χ4v) is 4.53. The molecule has 0 aliphatic heterocycles. The van der Waals surface area contributed by atoms with E-state index >= 15 is 0 Å². The summed E-state index contributed by atoms with van der Waals surface area (Å²) < 4.78 is 4.71. The first-order valence-corrected chi connectivity index (χ1v) is 10.3. The van der Waals surface area contributed by atoms with Crippen molar-refractivity contribution in [2.24, 2.45) is 5.92 Å². The molecule has 26 heavy (non-hydrogen) atoms. The Morgan fingerprint density at radius 3 is 2.69 bits per heavy atom. The average molecular weight is 416 g/mol. The van der Waals surface area contributed by atoms with Crippen molar-refractivity contribution in [3.8, 4) is 0 Å². The van der Waals surface area contributed by atoms with Crippen LogP contribution >= 0.6 is 15.9 Å². The zero-order valence-corrected chi connectivity index (χ0v) is 16.7. The summed E-state index contributed by atoms with van der Waals surface area (Å²) in [4.78, 5) is 18.0. The Balaban J connectivity index is 1.87. The van der Waals surface area contributed by atoms with Gasteiger partial charge >= 0.3 is 0 Å². The summed E-state index contributed by atoms with van der Waals surface area (Å²) in [6.07, 6.45) is 6.80. The molecule has 3 aromatic rings. The third kappa shape index (κ3) is 2.22. The van der Waals surface area contributed by atoms with Gasteiger partial charge in [0.25, 0.3) is 5.56 Å². The molecular weight excluding hydrogens is 394 g/mol. The van der Waals surface area contributed by atoms with E-state index in [4.69, 9.17) is 4.98 Å². The van der Waals surface area contributed by atoms with Crippen molar-refractivity contribution in [1.82, 2.24) is 24.1 Å². The van der Waals surface area contributed by atoms with Gasteiger partial charge in [0, 0.05) is 16.4 Å². The highest BCUT2D eigenvalue weighted by Gasteiger charge is 2.58. The molecule has 136 valence electrons. The lowest BCUT2D eigenvalue weighted by atomic mass is 10.00. The minimum atomic E-state index is -0.0612. The number of hydrogen-bond donors (Lipinski definition) is 0. The molecule has 3 aromatic heterocycles. The number of unbranched alkanes of at least 4 members (excludes halogenated alkanes) is 1. The van der Waals surface area contributed by atoms with Crippen LogP contribution in [-0.2, 0) is 12.0 Å². The van der Waals surface area contributed by atoms with Crippen molar-refractivity contribution in [2.75, 3.05) is 0 Å². The van der Waals surface area contributed by atoms with Gasteiger partial charge in [-0.1, -0.05) is 13.3 Å². The molecule has 0 amide bonds. The lowest BCUT2D eigenvalue weighted by Crippen LogP contribution is -2.25. The van der Waals surface area contributed by atoms with Crippen LogP contribution in [0, 0.1) is 12.8 Å². The number of fused-ring (bicyclic) bond motifs is 3. The van der Waals surface area contributed by atoms with Gasteiger partial charge in [0.1, 0.15) is 5.82 Å². The van der Waals surface area contributed by atoms with Crippen molar-refractivity contribution >= 4 is 32.7 Å². The highest BCUT2D eigenvalue weighted by atomic mass is 79.9. The van der Waals surface area contributed by atoms with Crippen LogP contribution in [0.1, 0.15) is 57.0 Å². The molecule has 0 spiro atoms. The molecule has 2 aliphatic rings. The van der Waals surface area contributed by atoms with Crippen molar-refractivity contribution in [3.63, 3.8) is 0 Å². The molecule has 2 fully saturated rings. The zero-order chi connectivity index (χ0) is 18.1. The maximum Gasteiger partial charge on any atom is 0.296 e. The van der Waals surface area contributed by atoms with E-state index in [0.717, 1.165) is 52.8 Å². The molecule has 0 radical (unpaired) electrons. The summed E-state index contributed by atoms with van der Waals surface area (Å²) in [6, 6.07) is 2.02. The smallest absolute Gasteiger partial charge is 0.296 e. The van der Waals surface area contributed by atoms with Gasteiger partial charge in [0.05, 0.1) is 11.2 Å². The van der Waals surface area contributed by atoms with Gasteiger partial charge in [-0.2, -0.15) is 0 Å². The predicted octanol–water partition coefficient (Wildman–Crippen LogP) is 3.75. The SMILES string of the molecule is CCCCn1c(=O)c2nnc(C3(C4CC4)CC3)n2c2nc(C)c(Br)cc21. The quantitative estimate of drug-likeness (QED) is 0.636. The Labute approximate surface area is 159 Å². The van der Waals surface area contributed by atoms with Crippen LogP contribution in [0.15, 0.2) is 15.3 Å². The average Bonchev–Trinajstić information content (AvgIpc) is 3.53. The first kappa shape index (κ1) is 16.4. The molecule has 3 heterocycles. The normalized spacial score (nSPS) is 18.7. The van der Waals surface area contributed by atoms with Gasteiger partial charge in [-0.3, -0.25) is 9.20 Å². The maximum atomic E-state index is 13.2. The molecule has 5 rings (SSSR count). The van der Waals surface area contributed by atoms with Gasteiger partial charge in [-0.15, -0.1) is 10.2 Å². The molecule has 0 N–H and O–H groups in total. The molecule has 0 aromatic carbocycles. The molecule has 7 heteroatoms. The Morgan fingerprint density at radius 2 is 2.04 bits per heavy atom. The molecule has 0 saturated heterocycles. The number of aryl methyl sites for hydroxylation is 2. The largest absolute Gasteiger partial charge is 0.302 e. The van der Waals surface area contributed by atoms with Crippen LogP contribution in [0.4, 0.5) is 0 Å². The van der Waals surface area contributed by atoms with Crippen LogP contribution in [-0.4, -0.2) is 24.1 Å². The van der Waals surface area contributed by atoms with Crippen molar-refractivity contribution < 1.29 is 0 Å². The molecule has 2 aliphatic carbocycles. The first-order valence-electron chi connectivity index (χ1n) is 9.52. The van der Waals surface area contributed by atoms with E-state index in [1.807, 2.05) is 22.0 Å². The van der Waals surface area contributed by atoms with E-state index in [0.29, 0.717) is 18.1 Å². The second-order valence-electron chi connectivity index (χ2n) is 7.82. The van der Waals surface area contributed by atoms with Gasteiger partial charge < -0.3 is 4.57 Å². The predicted molar refractivity (Wildman–Crippen MR) is 104 cm³/mol. The molecule has 2 saturated carbocycles. The monoisotopic (exact) mass is 415 g/mol. The maximum absolute atomic E-state index is 13.2. The number of hydrogen-bond acceptors (Lipinski definition) is 4. The van der Waals surface area contributed by atoms with Crippen LogP contribution in [0.2, 0.25) is 0 Å². The van der Waals surface area contributed by atoms with Gasteiger partial charge in [-0.05, 0) is 66.9 Å². The van der Waals surface area contributed by atoms with E-state index in [-0.39, 0.29) is 11.0 Å². The fraction of sp³-hybridized carbons (Fsp3) is 0.579. The van der Waals surface area contributed by atoms with E-state index in [2.05, 4.69) is 33.1 Å². The number of halogens is 1. The molecule has 0 unspecified atom stereocenters. The van der Waals surface area contributed by atoms with E-state index in [1.54, 1.807) is 0 Å². The summed E-state index contributed by atoms with van der Waals surface area (Å²) in [5.74, 6) is 1.65. The molecular formula is C19H22BrN5O. The summed E-state index contributed by atoms with van der Waals surface area (Å²) in [6.45, 7) is 4.79. The summed E-state index contributed by atoms with van der Waals surface area (Å²) in [5, 5.41) is 8.86. The van der Waals surface area contributed by atoms with E-state index in [1.165, 1.54) is 12.8 Å². The van der Waals surface area contributed by atoms with Gasteiger partial charge in [0.15, 0.2) is 5.65 Å². The lowest BCUT2D eigenvalue weighted by molar-refractivity contribution is 0.552. The number of rotatable bonds is 5. The number of nitrogens with zero attached hydrogens (tertiary/aromatic N) is 5. The number of pyridine rings is 1. The fourth-order valence-electron chi connectivity index (χ4n) is 4.22. The second kappa shape index (κ2) is 5.62. The van der Waals surface area contributed by atoms with Crippen LogP contribution in [0.5, 0.6) is 0 Å². The highest BCUT2D eigenvalue weighted by Crippen LogP contribution is 2.61. The molecule has 0 atom stereocenters. The minimum Gasteiger partial charge on any atom is -0.302 e. The Morgan fingerprint density at radius 1 is 1.27 bits per heavy atom. The summed E-state index contributed by atoms with van der Waals surface area (Å²) >= 11 is 3.58.